The molecule has 1 aliphatic rings. The molecule has 1 aliphatic carbocycles. The lowest BCUT2D eigenvalue weighted by Crippen LogP contribution is -2.55. The zero-order valence-electron chi connectivity index (χ0n) is 12.9. The molecule has 1 N–H and O–H groups in total. The van der Waals surface area contributed by atoms with Crippen LogP contribution in [0.15, 0.2) is 0 Å². The van der Waals surface area contributed by atoms with Crippen molar-refractivity contribution in [1.82, 2.24) is 10.2 Å². The van der Waals surface area contributed by atoms with Crippen molar-refractivity contribution in [1.29, 1.82) is 5.26 Å². The van der Waals surface area contributed by atoms with Crippen LogP contribution in [0.3, 0.4) is 0 Å². The first-order valence-corrected chi connectivity index (χ1v) is 6.91. The normalized spacial score (nSPS) is 24.8. The summed E-state index contributed by atoms with van der Waals surface area (Å²) in [5.74, 6) is 0. The summed E-state index contributed by atoms with van der Waals surface area (Å²) >= 11 is 0. The highest BCUT2D eigenvalue weighted by Crippen LogP contribution is 2.49. The Kier molecular flexibility index (Phi) is 4.46. The van der Waals surface area contributed by atoms with Crippen LogP contribution in [0.1, 0.15) is 47.0 Å². The predicted octanol–water partition coefficient (Wildman–Crippen LogP) is 2.64. The van der Waals surface area contributed by atoms with Crippen LogP contribution in [0.4, 0.5) is 0 Å². The lowest BCUT2D eigenvalue weighted by atomic mass is 9.59. The molecule has 0 unspecified atom stereocenters. The topological polar surface area (TPSA) is 39.1 Å². The molecule has 0 saturated heterocycles. The molecule has 3 nitrogen and oxygen atoms in total. The van der Waals surface area contributed by atoms with E-state index in [1.807, 2.05) is 0 Å². The molecule has 0 aliphatic heterocycles. The van der Waals surface area contributed by atoms with Gasteiger partial charge in [-0.2, -0.15) is 5.26 Å². The van der Waals surface area contributed by atoms with E-state index < -0.39 is 0 Å². The van der Waals surface area contributed by atoms with Gasteiger partial charge in [-0.3, -0.25) is 5.32 Å². The van der Waals surface area contributed by atoms with Crippen LogP contribution in [-0.4, -0.2) is 37.6 Å². The number of nitriles is 1. The number of likely N-dealkylation sites (N-methyl/N-ethyl adjacent to an activating group) is 1. The van der Waals surface area contributed by atoms with Crippen molar-refractivity contribution in [3.8, 4) is 6.07 Å². The van der Waals surface area contributed by atoms with Gasteiger partial charge in [0.2, 0.25) is 0 Å². The smallest absolute Gasteiger partial charge is 0.107 e. The first-order chi connectivity index (χ1) is 8.10. The van der Waals surface area contributed by atoms with Gasteiger partial charge in [-0.1, -0.05) is 27.7 Å². The van der Waals surface area contributed by atoms with Gasteiger partial charge in [-0.25, -0.2) is 0 Å². The van der Waals surface area contributed by atoms with Gasteiger partial charge in [-0.05, 0) is 44.2 Å². The fourth-order valence-corrected chi connectivity index (χ4v) is 3.88. The van der Waals surface area contributed by atoms with E-state index in [-0.39, 0.29) is 16.4 Å². The maximum Gasteiger partial charge on any atom is 0.107 e. The summed E-state index contributed by atoms with van der Waals surface area (Å²) in [7, 11) is 4.13. The fourth-order valence-electron chi connectivity index (χ4n) is 3.88. The van der Waals surface area contributed by atoms with Gasteiger partial charge in [0.25, 0.3) is 0 Å². The summed E-state index contributed by atoms with van der Waals surface area (Å²) in [5.41, 5.74) is 0.131. The summed E-state index contributed by atoms with van der Waals surface area (Å²) in [6, 6.07) is 2.57. The molecule has 0 aromatic rings. The Balaban J connectivity index is 2.77. The summed E-state index contributed by atoms with van der Waals surface area (Å²) < 4.78 is 0. The number of rotatable bonds is 4. The van der Waals surface area contributed by atoms with Gasteiger partial charge in [0.05, 0.1) is 6.07 Å². The van der Waals surface area contributed by atoms with Crippen molar-refractivity contribution in [3.05, 3.63) is 0 Å². The summed E-state index contributed by atoms with van der Waals surface area (Å²) in [5, 5.41) is 13.2. The Hall–Kier alpha value is -0.590. The molecular weight excluding hydrogens is 222 g/mol. The molecule has 0 heterocycles. The third-order valence-corrected chi connectivity index (χ3v) is 3.75. The van der Waals surface area contributed by atoms with E-state index in [0.29, 0.717) is 0 Å². The Labute approximate surface area is 113 Å². The first kappa shape index (κ1) is 15.5. The Morgan fingerprint density at radius 3 is 1.94 bits per heavy atom. The van der Waals surface area contributed by atoms with E-state index in [4.69, 9.17) is 0 Å². The maximum atomic E-state index is 9.65. The largest absolute Gasteiger partial charge is 0.308 e. The molecule has 1 fully saturated rings. The molecule has 0 bridgehead atoms. The van der Waals surface area contributed by atoms with Crippen molar-refractivity contribution < 1.29 is 0 Å². The second-order valence-electron chi connectivity index (χ2n) is 7.78. The summed E-state index contributed by atoms with van der Waals surface area (Å²) in [6.07, 6.45) is 3.10. The van der Waals surface area contributed by atoms with Crippen LogP contribution in [0.25, 0.3) is 0 Å². The minimum Gasteiger partial charge on any atom is -0.308 e. The maximum absolute atomic E-state index is 9.65. The predicted molar refractivity (Wildman–Crippen MR) is 76.3 cm³/mol. The van der Waals surface area contributed by atoms with E-state index in [1.54, 1.807) is 0 Å². The Bertz CT molecular complexity index is 307. The Morgan fingerprint density at radius 1 is 1.06 bits per heavy atom. The number of nitrogens with zero attached hydrogens (tertiary/aromatic N) is 2. The zero-order valence-corrected chi connectivity index (χ0v) is 12.9. The average Bonchev–Trinajstić information content (AvgIpc) is 2.11. The van der Waals surface area contributed by atoms with Gasteiger partial charge in [0, 0.05) is 13.1 Å². The molecule has 3 heteroatoms. The van der Waals surface area contributed by atoms with Gasteiger partial charge in [0.15, 0.2) is 0 Å². The van der Waals surface area contributed by atoms with Crippen LogP contribution < -0.4 is 5.32 Å². The molecule has 1 saturated carbocycles. The Morgan fingerprint density at radius 2 is 1.56 bits per heavy atom. The monoisotopic (exact) mass is 251 g/mol. The molecule has 0 aromatic heterocycles. The lowest BCUT2D eigenvalue weighted by molar-refractivity contribution is 0.0547. The minimum atomic E-state index is -0.346. The highest BCUT2D eigenvalue weighted by Gasteiger charge is 2.47. The number of nitrogens with one attached hydrogen (secondary N) is 1. The molecule has 0 amide bonds. The minimum absolute atomic E-state index is 0.239. The number of hydrogen-bond acceptors (Lipinski definition) is 3. The molecular formula is C15H29N3. The van der Waals surface area contributed by atoms with Crippen LogP contribution in [0.5, 0.6) is 0 Å². The van der Waals surface area contributed by atoms with Crippen molar-refractivity contribution in [2.24, 2.45) is 10.8 Å². The van der Waals surface area contributed by atoms with Crippen molar-refractivity contribution in [3.63, 3.8) is 0 Å². The van der Waals surface area contributed by atoms with E-state index in [9.17, 15) is 5.26 Å². The van der Waals surface area contributed by atoms with Crippen LogP contribution >= 0.6 is 0 Å². The molecule has 104 valence electrons. The molecule has 0 atom stereocenters. The number of hydrogen-bond donors (Lipinski definition) is 1. The molecule has 0 aromatic carbocycles. The lowest BCUT2D eigenvalue weighted by Gasteiger charge is -2.49. The second kappa shape index (κ2) is 5.19. The van der Waals surface area contributed by atoms with Crippen LogP contribution in [0, 0.1) is 22.2 Å². The van der Waals surface area contributed by atoms with Crippen molar-refractivity contribution in [2.45, 2.75) is 52.5 Å². The fraction of sp³-hybridized carbons (Fsp3) is 0.933. The highest BCUT2D eigenvalue weighted by molar-refractivity contribution is 5.14. The third-order valence-electron chi connectivity index (χ3n) is 3.75. The van der Waals surface area contributed by atoms with Crippen LogP contribution in [-0.2, 0) is 0 Å². The van der Waals surface area contributed by atoms with E-state index in [2.05, 4.69) is 58.1 Å². The highest BCUT2D eigenvalue weighted by atomic mass is 15.1. The zero-order chi connectivity index (χ0) is 14.0. The quantitative estimate of drug-likeness (QED) is 0.835. The second-order valence-corrected chi connectivity index (χ2v) is 7.78. The van der Waals surface area contributed by atoms with E-state index in [0.717, 1.165) is 25.9 Å². The molecule has 1 rings (SSSR count). The molecule has 18 heavy (non-hydrogen) atoms. The van der Waals surface area contributed by atoms with E-state index in [1.165, 1.54) is 6.42 Å². The van der Waals surface area contributed by atoms with E-state index >= 15 is 0 Å². The summed E-state index contributed by atoms with van der Waals surface area (Å²) in [6.45, 7) is 11.0. The van der Waals surface area contributed by atoms with Crippen LogP contribution in [0.2, 0.25) is 0 Å². The third kappa shape index (κ3) is 4.26. The van der Waals surface area contributed by atoms with Gasteiger partial charge in [0.1, 0.15) is 5.54 Å². The first-order valence-electron chi connectivity index (χ1n) is 6.91. The van der Waals surface area contributed by atoms with Gasteiger partial charge >= 0.3 is 0 Å². The van der Waals surface area contributed by atoms with Gasteiger partial charge < -0.3 is 4.90 Å². The van der Waals surface area contributed by atoms with Crippen molar-refractivity contribution in [2.75, 3.05) is 27.2 Å². The summed E-state index contributed by atoms with van der Waals surface area (Å²) in [4.78, 5) is 2.15. The average molecular weight is 251 g/mol. The standard InChI is InChI=1S/C15H29N3/c1-13(2)9-14(3,4)11-15(10-13,12-16)17-7-8-18(5)6/h17H,7-11H2,1-6H3. The van der Waals surface area contributed by atoms with Crippen molar-refractivity contribution >= 4 is 0 Å². The SMILES string of the molecule is CN(C)CCNC1(C#N)CC(C)(C)CC(C)(C)C1. The molecule has 0 spiro atoms. The van der Waals surface area contributed by atoms with Gasteiger partial charge in [-0.15, -0.1) is 0 Å². The molecule has 0 radical (unpaired) electrons.